The van der Waals surface area contributed by atoms with E-state index in [1.165, 1.54) is 0 Å². The molecule has 0 radical (unpaired) electrons. The van der Waals surface area contributed by atoms with Gasteiger partial charge in [-0.2, -0.15) is 0 Å². The smallest absolute Gasteiger partial charge is 0.349 e. The Balaban J connectivity index is 1.53. The first-order chi connectivity index (χ1) is 13.9. The molecular weight excluding hydrogens is 413 g/mol. The first-order valence-electron chi connectivity index (χ1n) is 8.67. The number of hydrogen-bond acceptors (Lipinski definition) is 4. The van der Waals surface area contributed by atoms with Crippen molar-refractivity contribution < 1.29 is 19.1 Å². The zero-order chi connectivity index (χ0) is 20.8. The number of amides is 1. The summed E-state index contributed by atoms with van der Waals surface area (Å²) in [5.41, 5.74) is 1.87. The van der Waals surface area contributed by atoms with Gasteiger partial charge >= 0.3 is 5.97 Å². The second-order valence-corrected chi connectivity index (χ2v) is 7.03. The first kappa shape index (κ1) is 20.7. The maximum absolute atomic E-state index is 12.3. The van der Waals surface area contributed by atoms with Gasteiger partial charge in [-0.15, -0.1) is 0 Å². The third-order valence-electron chi connectivity index (χ3n) is 3.93. The SMILES string of the molecule is Cc1cc(Cl)ccc1OCC(=O)Oc1ccc(C(=O)Nc2ccc(Cl)cc2)cc1. The van der Waals surface area contributed by atoms with Gasteiger partial charge in [0.1, 0.15) is 11.5 Å². The van der Waals surface area contributed by atoms with Crippen molar-refractivity contribution in [3.05, 3.63) is 87.9 Å². The zero-order valence-corrected chi connectivity index (χ0v) is 17.0. The molecule has 0 aliphatic carbocycles. The van der Waals surface area contributed by atoms with Crippen molar-refractivity contribution in [1.29, 1.82) is 0 Å². The molecule has 5 nitrogen and oxygen atoms in total. The Hall–Kier alpha value is -3.02. The maximum atomic E-state index is 12.3. The van der Waals surface area contributed by atoms with E-state index in [1.54, 1.807) is 66.7 Å². The molecule has 0 saturated heterocycles. The molecule has 148 valence electrons. The Labute approximate surface area is 178 Å². The number of rotatable bonds is 6. The minimum atomic E-state index is -0.558. The number of aryl methyl sites for hydroxylation is 1. The number of esters is 1. The number of ether oxygens (including phenoxy) is 2. The van der Waals surface area contributed by atoms with Crippen LogP contribution in [0.15, 0.2) is 66.7 Å². The third kappa shape index (κ3) is 5.98. The summed E-state index contributed by atoms with van der Waals surface area (Å²) in [6, 6.07) is 18.1. The monoisotopic (exact) mass is 429 g/mol. The summed E-state index contributed by atoms with van der Waals surface area (Å²) in [5, 5.41) is 3.94. The van der Waals surface area contributed by atoms with Crippen LogP contribution in [0, 0.1) is 6.92 Å². The van der Waals surface area contributed by atoms with Crippen molar-refractivity contribution in [2.75, 3.05) is 11.9 Å². The van der Waals surface area contributed by atoms with Crippen LogP contribution >= 0.6 is 23.2 Å². The molecule has 0 atom stereocenters. The molecule has 0 spiro atoms. The molecular formula is C22H17Cl2NO4. The van der Waals surface area contributed by atoms with E-state index >= 15 is 0 Å². The van der Waals surface area contributed by atoms with Gasteiger partial charge in [0.2, 0.25) is 0 Å². The van der Waals surface area contributed by atoms with E-state index in [0.29, 0.717) is 32.8 Å². The number of carbonyl (C=O) groups excluding carboxylic acids is 2. The molecule has 0 aliphatic rings. The average molecular weight is 430 g/mol. The average Bonchev–Trinajstić information content (AvgIpc) is 2.69. The molecule has 1 N–H and O–H groups in total. The molecule has 0 heterocycles. The van der Waals surface area contributed by atoms with Gasteiger partial charge in [0.25, 0.3) is 5.91 Å². The van der Waals surface area contributed by atoms with Crippen LogP contribution in [-0.2, 0) is 4.79 Å². The highest BCUT2D eigenvalue weighted by atomic mass is 35.5. The van der Waals surface area contributed by atoms with Crippen molar-refractivity contribution in [3.8, 4) is 11.5 Å². The van der Waals surface area contributed by atoms with Gasteiger partial charge in [0.15, 0.2) is 6.61 Å². The van der Waals surface area contributed by atoms with Gasteiger partial charge in [-0.1, -0.05) is 23.2 Å². The summed E-state index contributed by atoms with van der Waals surface area (Å²) in [6.07, 6.45) is 0. The lowest BCUT2D eigenvalue weighted by atomic mass is 10.2. The van der Waals surface area contributed by atoms with E-state index in [2.05, 4.69) is 5.32 Å². The molecule has 0 unspecified atom stereocenters. The summed E-state index contributed by atoms with van der Waals surface area (Å²) in [5.74, 6) is 0.0273. The number of hydrogen-bond donors (Lipinski definition) is 1. The van der Waals surface area contributed by atoms with Crippen LogP contribution in [0.3, 0.4) is 0 Å². The van der Waals surface area contributed by atoms with Gasteiger partial charge in [-0.25, -0.2) is 4.79 Å². The van der Waals surface area contributed by atoms with Crippen LogP contribution in [0.2, 0.25) is 10.0 Å². The lowest BCUT2D eigenvalue weighted by Crippen LogP contribution is -2.18. The van der Waals surface area contributed by atoms with E-state index in [0.717, 1.165) is 5.56 Å². The number of nitrogens with one attached hydrogen (secondary N) is 1. The Morgan fingerprint density at radius 2 is 1.55 bits per heavy atom. The fraction of sp³-hybridized carbons (Fsp3) is 0.0909. The van der Waals surface area contributed by atoms with E-state index in [-0.39, 0.29) is 12.5 Å². The van der Waals surface area contributed by atoms with Gasteiger partial charge in [-0.05, 0) is 79.2 Å². The molecule has 3 aromatic carbocycles. The quantitative estimate of drug-likeness (QED) is 0.412. The third-order valence-corrected chi connectivity index (χ3v) is 4.42. The maximum Gasteiger partial charge on any atom is 0.349 e. The van der Waals surface area contributed by atoms with E-state index in [1.807, 2.05) is 6.92 Å². The molecule has 0 bridgehead atoms. The molecule has 0 fully saturated rings. The summed E-state index contributed by atoms with van der Waals surface area (Å²) in [7, 11) is 0. The molecule has 0 aliphatic heterocycles. The van der Waals surface area contributed by atoms with Crippen molar-refractivity contribution in [2.45, 2.75) is 6.92 Å². The van der Waals surface area contributed by atoms with Gasteiger partial charge in [0, 0.05) is 21.3 Å². The lowest BCUT2D eigenvalue weighted by Gasteiger charge is -2.10. The molecule has 1 amide bonds. The normalized spacial score (nSPS) is 10.3. The second-order valence-electron chi connectivity index (χ2n) is 6.16. The second kappa shape index (κ2) is 9.45. The number of halogens is 2. The predicted octanol–water partition coefficient (Wildman–Crippen LogP) is 5.54. The topological polar surface area (TPSA) is 64.6 Å². The van der Waals surface area contributed by atoms with E-state index in [4.69, 9.17) is 32.7 Å². The highest BCUT2D eigenvalue weighted by Crippen LogP contribution is 2.22. The van der Waals surface area contributed by atoms with Crippen LogP contribution < -0.4 is 14.8 Å². The molecule has 0 saturated carbocycles. The standard InChI is InChI=1S/C22H17Cl2NO4/c1-14-12-17(24)6-11-20(14)28-13-21(26)29-19-9-2-15(3-10-19)22(27)25-18-7-4-16(23)5-8-18/h2-12H,13H2,1H3,(H,25,27). The van der Waals surface area contributed by atoms with Crippen LogP contribution in [0.25, 0.3) is 0 Å². The Morgan fingerprint density at radius 1 is 0.897 bits per heavy atom. The zero-order valence-electron chi connectivity index (χ0n) is 15.4. The van der Waals surface area contributed by atoms with Crippen LogP contribution in [0.4, 0.5) is 5.69 Å². The Morgan fingerprint density at radius 3 is 2.21 bits per heavy atom. The molecule has 7 heteroatoms. The van der Waals surface area contributed by atoms with Gasteiger partial charge in [0.05, 0.1) is 0 Å². The fourth-order valence-electron chi connectivity index (χ4n) is 2.48. The number of carbonyl (C=O) groups is 2. The van der Waals surface area contributed by atoms with Crippen molar-refractivity contribution in [3.63, 3.8) is 0 Å². The van der Waals surface area contributed by atoms with Crippen LogP contribution in [0.5, 0.6) is 11.5 Å². The molecule has 29 heavy (non-hydrogen) atoms. The highest BCUT2D eigenvalue weighted by Gasteiger charge is 2.10. The fourth-order valence-corrected chi connectivity index (χ4v) is 2.84. The van der Waals surface area contributed by atoms with Crippen LogP contribution in [-0.4, -0.2) is 18.5 Å². The van der Waals surface area contributed by atoms with Gasteiger partial charge in [-0.3, -0.25) is 4.79 Å². The largest absolute Gasteiger partial charge is 0.482 e. The minimum Gasteiger partial charge on any atom is -0.482 e. The minimum absolute atomic E-state index is 0.249. The first-order valence-corrected chi connectivity index (χ1v) is 9.43. The van der Waals surface area contributed by atoms with E-state index in [9.17, 15) is 9.59 Å². The molecule has 3 rings (SSSR count). The van der Waals surface area contributed by atoms with Crippen LogP contribution in [0.1, 0.15) is 15.9 Å². The predicted molar refractivity (Wildman–Crippen MR) is 113 cm³/mol. The number of benzene rings is 3. The van der Waals surface area contributed by atoms with E-state index < -0.39 is 5.97 Å². The molecule has 3 aromatic rings. The summed E-state index contributed by atoms with van der Waals surface area (Å²) < 4.78 is 10.7. The van der Waals surface area contributed by atoms with Gasteiger partial charge < -0.3 is 14.8 Å². The summed E-state index contributed by atoms with van der Waals surface area (Å²) in [4.78, 5) is 24.3. The van der Waals surface area contributed by atoms with Crippen molar-refractivity contribution in [2.24, 2.45) is 0 Å². The lowest BCUT2D eigenvalue weighted by molar-refractivity contribution is -0.136. The molecule has 0 aromatic heterocycles. The Bertz CT molecular complexity index is 1020. The van der Waals surface area contributed by atoms with Crippen molar-refractivity contribution in [1.82, 2.24) is 0 Å². The summed E-state index contributed by atoms with van der Waals surface area (Å²) in [6.45, 7) is 1.58. The Kier molecular flexibility index (Phi) is 6.75. The number of anilines is 1. The highest BCUT2D eigenvalue weighted by molar-refractivity contribution is 6.31. The summed E-state index contributed by atoms with van der Waals surface area (Å²) >= 11 is 11.7. The van der Waals surface area contributed by atoms with Crippen molar-refractivity contribution >= 4 is 40.8 Å².